The predicted molar refractivity (Wildman–Crippen MR) is 86.5 cm³/mol. The molecule has 0 bridgehead atoms. The Labute approximate surface area is 130 Å². The molecule has 1 aliphatic rings. The van der Waals surface area contributed by atoms with Gasteiger partial charge >= 0.3 is 0 Å². The molecule has 0 unspecified atom stereocenters. The van der Waals surface area contributed by atoms with Crippen LogP contribution in [0.1, 0.15) is 17.5 Å². The van der Waals surface area contributed by atoms with Crippen molar-refractivity contribution in [2.24, 2.45) is 0 Å². The average Bonchev–Trinajstić information content (AvgIpc) is 2.85. The maximum absolute atomic E-state index is 6.03. The summed E-state index contributed by atoms with van der Waals surface area (Å²) in [4.78, 5) is 2.42. The van der Waals surface area contributed by atoms with Gasteiger partial charge in [0.15, 0.2) is 0 Å². The standard InChI is InChI=1S/C17H19ClN2O/c18-15-6-5-13-11-20(12-14(13)9-15)7-2-8-21-17-4-1-3-16(19)10-17/h1,3-6,9-10H,2,7-8,11-12,19H2. The van der Waals surface area contributed by atoms with Gasteiger partial charge in [-0.1, -0.05) is 23.7 Å². The van der Waals surface area contributed by atoms with E-state index in [2.05, 4.69) is 17.0 Å². The molecule has 0 atom stereocenters. The van der Waals surface area contributed by atoms with Gasteiger partial charge in [0.25, 0.3) is 0 Å². The second-order valence-electron chi connectivity index (χ2n) is 5.40. The lowest BCUT2D eigenvalue weighted by Crippen LogP contribution is -2.19. The minimum Gasteiger partial charge on any atom is -0.493 e. The Balaban J connectivity index is 1.43. The first-order valence-electron chi connectivity index (χ1n) is 7.19. The highest BCUT2D eigenvalue weighted by Gasteiger charge is 2.18. The zero-order valence-electron chi connectivity index (χ0n) is 11.9. The van der Waals surface area contributed by atoms with Crippen molar-refractivity contribution in [2.75, 3.05) is 18.9 Å². The Morgan fingerprint density at radius 3 is 2.81 bits per heavy atom. The number of benzene rings is 2. The minimum atomic E-state index is 0.705. The molecular formula is C17H19ClN2O. The summed E-state index contributed by atoms with van der Waals surface area (Å²) >= 11 is 6.03. The summed E-state index contributed by atoms with van der Waals surface area (Å²) in [5.41, 5.74) is 9.19. The van der Waals surface area contributed by atoms with Crippen LogP contribution in [0.2, 0.25) is 5.02 Å². The Hall–Kier alpha value is -1.71. The summed E-state index contributed by atoms with van der Waals surface area (Å²) in [6.45, 7) is 3.71. The van der Waals surface area contributed by atoms with E-state index in [0.29, 0.717) is 6.61 Å². The molecule has 0 spiro atoms. The van der Waals surface area contributed by atoms with Crippen LogP contribution in [0.5, 0.6) is 5.75 Å². The third-order valence-corrected chi connectivity index (χ3v) is 3.94. The molecule has 4 heteroatoms. The molecule has 2 N–H and O–H groups in total. The SMILES string of the molecule is Nc1cccc(OCCCN2Cc3ccc(Cl)cc3C2)c1. The third-order valence-electron chi connectivity index (χ3n) is 3.70. The summed E-state index contributed by atoms with van der Waals surface area (Å²) in [6.07, 6.45) is 0.997. The Kier molecular flexibility index (Phi) is 4.32. The molecule has 0 amide bonds. The van der Waals surface area contributed by atoms with Crippen molar-refractivity contribution in [2.45, 2.75) is 19.5 Å². The fourth-order valence-electron chi connectivity index (χ4n) is 2.67. The van der Waals surface area contributed by atoms with Gasteiger partial charge in [0.05, 0.1) is 6.61 Å². The van der Waals surface area contributed by atoms with Gasteiger partial charge in [0.1, 0.15) is 5.75 Å². The maximum Gasteiger partial charge on any atom is 0.121 e. The molecule has 1 heterocycles. The number of nitrogens with two attached hydrogens (primary N) is 1. The minimum absolute atomic E-state index is 0.705. The van der Waals surface area contributed by atoms with E-state index in [1.54, 1.807) is 0 Å². The number of hydrogen-bond donors (Lipinski definition) is 1. The number of hydrogen-bond acceptors (Lipinski definition) is 3. The van der Waals surface area contributed by atoms with Crippen LogP contribution in [-0.4, -0.2) is 18.1 Å². The van der Waals surface area contributed by atoms with Gasteiger partial charge in [-0.15, -0.1) is 0 Å². The lowest BCUT2D eigenvalue weighted by atomic mass is 10.1. The Bertz CT molecular complexity index is 630. The summed E-state index contributed by atoms with van der Waals surface area (Å²) in [5.74, 6) is 0.839. The van der Waals surface area contributed by atoms with E-state index >= 15 is 0 Å². The van der Waals surface area contributed by atoms with Crippen molar-refractivity contribution < 1.29 is 4.74 Å². The molecule has 110 valence electrons. The summed E-state index contributed by atoms with van der Waals surface area (Å²) in [6, 6.07) is 13.7. The van der Waals surface area contributed by atoms with Crippen molar-refractivity contribution in [1.82, 2.24) is 4.90 Å². The average molecular weight is 303 g/mol. The number of halogens is 1. The lowest BCUT2D eigenvalue weighted by Gasteiger charge is -2.14. The van der Waals surface area contributed by atoms with Gasteiger partial charge in [-0.2, -0.15) is 0 Å². The van der Waals surface area contributed by atoms with Gasteiger partial charge in [-0.05, 0) is 41.8 Å². The molecule has 0 saturated heterocycles. The molecule has 3 nitrogen and oxygen atoms in total. The fourth-order valence-corrected chi connectivity index (χ4v) is 2.87. The molecule has 3 rings (SSSR count). The fraction of sp³-hybridized carbons (Fsp3) is 0.294. The third kappa shape index (κ3) is 3.69. The maximum atomic E-state index is 6.03. The van der Waals surface area contributed by atoms with Crippen molar-refractivity contribution in [3.8, 4) is 5.75 Å². The number of nitrogens with zero attached hydrogens (tertiary/aromatic N) is 1. The van der Waals surface area contributed by atoms with Crippen LogP contribution in [-0.2, 0) is 13.1 Å². The van der Waals surface area contributed by atoms with Crippen LogP contribution >= 0.6 is 11.6 Å². The molecule has 0 radical (unpaired) electrons. The predicted octanol–water partition coefficient (Wildman–Crippen LogP) is 3.71. The first-order chi connectivity index (χ1) is 10.2. The van der Waals surface area contributed by atoms with Crippen molar-refractivity contribution in [3.05, 3.63) is 58.6 Å². The van der Waals surface area contributed by atoms with E-state index in [1.807, 2.05) is 30.3 Å². The molecule has 0 saturated carbocycles. The van der Waals surface area contributed by atoms with E-state index in [4.69, 9.17) is 22.1 Å². The van der Waals surface area contributed by atoms with Gasteiger partial charge < -0.3 is 10.5 Å². The molecule has 2 aromatic carbocycles. The van der Waals surface area contributed by atoms with Crippen molar-refractivity contribution in [1.29, 1.82) is 0 Å². The van der Waals surface area contributed by atoms with E-state index in [9.17, 15) is 0 Å². The summed E-state index contributed by atoms with van der Waals surface area (Å²) < 4.78 is 5.72. The van der Waals surface area contributed by atoms with Gasteiger partial charge in [-0.3, -0.25) is 4.90 Å². The molecule has 0 aromatic heterocycles. The van der Waals surface area contributed by atoms with Crippen LogP contribution < -0.4 is 10.5 Å². The van der Waals surface area contributed by atoms with Crippen LogP contribution in [0.3, 0.4) is 0 Å². The lowest BCUT2D eigenvalue weighted by molar-refractivity contribution is 0.238. The Morgan fingerprint density at radius 1 is 1.10 bits per heavy atom. The van der Waals surface area contributed by atoms with Gasteiger partial charge in [-0.25, -0.2) is 0 Å². The number of fused-ring (bicyclic) bond motifs is 1. The van der Waals surface area contributed by atoms with Crippen LogP contribution in [0, 0.1) is 0 Å². The first-order valence-corrected chi connectivity index (χ1v) is 7.56. The van der Waals surface area contributed by atoms with Crippen molar-refractivity contribution >= 4 is 17.3 Å². The zero-order chi connectivity index (χ0) is 14.7. The zero-order valence-corrected chi connectivity index (χ0v) is 12.6. The van der Waals surface area contributed by atoms with E-state index in [1.165, 1.54) is 11.1 Å². The summed E-state index contributed by atoms with van der Waals surface area (Å²) in [5, 5.41) is 0.820. The number of anilines is 1. The largest absolute Gasteiger partial charge is 0.493 e. The number of nitrogen functional groups attached to an aromatic ring is 1. The second kappa shape index (κ2) is 6.37. The molecule has 1 aliphatic heterocycles. The highest BCUT2D eigenvalue weighted by atomic mass is 35.5. The van der Waals surface area contributed by atoms with Gasteiger partial charge in [0, 0.05) is 36.4 Å². The van der Waals surface area contributed by atoms with Crippen molar-refractivity contribution in [3.63, 3.8) is 0 Å². The van der Waals surface area contributed by atoms with E-state index in [0.717, 1.165) is 42.5 Å². The van der Waals surface area contributed by atoms with Crippen LogP contribution in [0.4, 0.5) is 5.69 Å². The molecular weight excluding hydrogens is 284 g/mol. The number of rotatable bonds is 5. The number of ether oxygens (including phenoxy) is 1. The highest BCUT2D eigenvalue weighted by molar-refractivity contribution is 6.30. The second-order valence-corrected chi connectivity index (χ2v) is 5.83. The van der Waals surface area contributed by atoms with E-state index in [-0.39, 0.29) is 0 Å². The monoisotopic (exact) mass is 302 g/mol. The smallest absolute Gasteiger partial charge is 0.121 e. The normalized spacial score (nSPS) is 14.1. The topological polar surface area (TPSA) is 38.5 Å². The van der Waals surface area contributed by atoms with E-state index < -0.39 is 0 Å². The Morgan fingerprint density at radius 2 is 1.95 bits per heavy atom. The summed E-state index contributed by atoms with van der Waals surface area (Å²) in [7, 11) is 0. The molecule has 21 heavy (non-hydrogen) atoms. The molecule has 0 aliphatic carbocycles. The highest BCUT2D eigenvalue weighted by Crippen LogP contribution is 2.25. The first kappa shape index (κ1) is 14.2. The van der Waals surface area contributed by atoms with Gasteiger partial charge in [0.2, 0.25) is 0 Å². The van der Waals surface area contributed by atoms with Crippen LogP contribution in [0.25, 0.3) is 0 Å². The van der Waals surface area contributed by atoms with Crippen LogP contribution in [0.15, 0.2) is 42.5 Å². The quantitative estimate of drug-likeness (QED) is 0.676. The molecule has 2 aromatic rings. The molecule has 0 fully saturated rings.